The molecule has 3 rings (SSSR count). The molecule has 0 saturated heterocycles. The average molecular weight is 298 g/mol. The van der Waals surface area contributed by atoms with Crippen LogP contribution < -0.4 is 5.32 Å². The number of nitrogens with one attached hydrogen (secondary N) is 2. The Hall–Kier alpha value is -0.920. The van der Waals surface area contributed by atoms with Crippen LogP contribution in [0.2, 0.25) is 0 Å². The van der Waals surface area contributed by atoms with Crippen LogP contribution in [-0.2, 0) is 16.6 Å². The van der Waals surface area contributed by atoms with Crippen molar-refractivity contribution in [3.8, 4) is 0 Å². The maximum absolute atomic E-state index is 12.7. The lowest BCUT2D eigenvalue weighted by Crippen LogP contribution is -2.36. The molecule has 0 radical (unpaired) electrons. The van der Waals surface area contributed by atoms with E-state index in [0.717, 1.165) is 31.2 Å². The molecule has 0 amide bonds. The van der Waals surface area contributed by atoms with Gasteiger partial charge < -0.3 is 5.32 Å². The predicted molar refractivity (Wildman–Crippen MR) is 75.7 cm³/mol. The molecule has 0 unspecified atom stereocenters. The lowest BCUT2D eigenvalue weighted by molar-refractivity contribution is 0.371. The van der Waals surface area contributed by atoms with Gasteiger partial charge in [0.15, 0.2) is 5.03 Å². The molecule has 1 heterocycles. The van der Waals surface area contributed by atoms with Gasteiger partial charge in [-0.25, -0.2) is 8.42 Å². The molecule has 2 aliphatic rings. The number of H-pyrrole nitrogens is 1. The minimum atomic E-state index is -3.46. The van der Waals surface area contributed by atoms with Crippen LogP contribution in [-0.4, -0.2) is 42.1 Å². The first-order valence-corrected chi connectivity index (χ1v) is 8.76. The van der Waals surface area contributed by atoms with E-state index in [1.165, 1.54) is 17.1 Å². The SMILES string of the molecule is CN(C1CCCC1)S(=O)(=O)c1[nH]ncc1CNC1CC1. The first kappa shape index (κ1) is 14.0. The smallest absolute Gasteiger partial charge is 0.260 e. The van der Waals surface area contributed by atoms with Crippen molar-refractivity contribution >= 4 is 10.0 Å². The molecule has 2 aliphatic carbocycles. The van der Waals surface area contributed by atoms with Crippen LogP contribution in [0.25, 0.3) is 0 Å². The highest BCUT2D eigenvalue weighted by Crippen LogP contribution is 2.28. The summed E-state index contributed by atoms with van der Waals surface area (Å²) in [5, 5.41) is 10.2. The van der Waals surface area contributed by atoms with Crippen molar-refractivity contribution in [2.24, 2.45) is 0 Å². The van der Waals surface area contributed by atoms with E-state index in [0.29, 0.717) is 12.6 Å². The molecule has 0 aromatic carbocycles. The second-order valence-corrected chi connectivity index (χ2v) is 7.77. The summed E-state index contributed by atoms with van der Waals surface area (Å²) < 4.78 is 26.9. The number of aromatic amines is 1. The van der Waals surface area contributed by atoms with E-state index in [1.54, 1.807) is 13.2 Å². The molecule has 0 spiro atoms. The lowest BCUT2D eigenvalue weighted by Gasteiger charge is -2.23. The second-order valence-electron chi connectivity index (χ2n) is 5.84. The third-order valence-corrected chi connectivity index (χ3v) is 6.24. The van der Waals surface area contributed by atoms with Gasteiger partial charge in [0.25, 0.3) is 10.0 Å². The number of hydrogen-bond donors (Lipinski definition) is 2. The summed E-state index contributed by atoms with van der Waals surface area (Å²) in [5.41, 5.74) is 0.738. The summed E-state index contributed by atoms with van der Waals surface area (Å²) in [6.45, 7) is 0.564. The summed E-state index contributed by atoms with van der Waals surface area (Å²) in [5.74, 6) is 0. The molecule has 2 saturated carbocycles. The van der Waals surface area contributed by atoms with E-state index in [2.05, 4.69) is 15.5 Å². The Balaban J connectivity index is 1.77. The minimum absolute atomic E-state index is 0.132. The van der Waals surface area contributed by atoms with E-state index in [4.69, 9.17) is 0 Å². The molecule has 0 atom stereocenters. The zero-order valence-electron chi connectivity index (χ0n) is 11.8. The summed E-state index contributed by atoms with van der Waals surface area (Å²) >= 11 is 0. The maximum Gasteiger partial charge on any atom is 0.260 e. The van der Waals surface area contributed by atoms with E-state index < -0.39 is 10.0 Å². The molecule has 0 bridgehead atoms. The molecular weight excluding hydrogens is 276 g/mol. The lowest BCUT2D eigenvalue weighted by atomic mass is 10.3. The van der Waals surface area contributed by atoms with Crippen molar-refractivity contribution in [2.75, 3.05) is 7.05 Å². The molecule has 2 N–H and O–H groups in total. The van der Waals surface area contributed by atoms with Crippen molar-refractivity contribution in [3.63, 3.8) is 0 Å². The minimum Gasteiger partial charge on any atom is -0.310 e. The fourth-order valence-corrected chi connectivity index (χ4v) is 4.31. The average Bonchev–Trinajstić information content (AvgIpc) is 2.95. The van der Waals surface area contributed by atoms with Gasteiger partial charge in [0, 0.05) is 31.2 Å². The molecule has 7 heteroatoms. The highest BCUT2D eigenvalue weighted by atomic mass is 32.2. The van der Waals surface area contributed by atoms with Crippen molar-refractivity contribution < 1.29 is 8.42 Å². The molecule has 6 nitrogen and oxygen atoms in total. The number of aromatic nitrogens is 2. The predicted octanol–water partition coefficient (Wildman–Crippen LogP) is 1.22. The van der Waals surface area contributed by atoms with Crippen LogP contribution >= 0.6 is 0 Å². The van der Waals surface area contributed by atoms with E-state index >= 15 is 0 Å². The molecule has 1 aromatic heterocycles. The van der Waals surface area contributed by atoms with Crippen molar-refractivity contribution in [3.05, 3.63) is 11.8 Å². The standard InChI is InChI=1S/C13H22N4O2S/c1-17(12-4-2-3-5-12)20(18,19)13-10(9-15-16-13)8-14-11-6-7-11/h9,11-12,14H,2-8H2,1H3,(H,15,16). The fraction of sp³-hybridized carbons (Fsp3) is 0.769. The zero-order valence-corrected chi connectivity index (χ0v) is 12.6. The van der Waals surface area contributed by atoms with Gasteiger partial charge in [0.2, 0.25) is 0 Å². The fourth-order valence-electron chi connectivity index (χ4n) is 2.80. The summed E-state index contributed by atoms with van der Waals surface area (Å²) in [6, 6.07) is 0.681. The highest BCUT2D eigenvalue weighted by molar-refractivity contribution is 7.89. The van der Waals surface area contributed by atoms with Crippen LogP contribution in [0.5, 0.6) is 0 Å². The van der Waals surface area contributed by atoms with Gasteiger partial charge in [-0.3, -0.25) is 5.10 Å². The van der Waals surface area contributed by atoms with Crippen LogP contribution in [0.15, 0.2) is 11.2 Å². The van der Waals surface area contributed by atoms with Crippen LogP contribution in [0.3, 0.4) is 0 Å². The van der Waals surface area contributed by atoms with Gasteiger partial charge in [-0.05, 0) is 25.7 Å². The van der Waals surface area contributed by atoms with Crippen molar-refractivity contribution in [2.45, 2.75) is 62.2 Å². The van der Waals surface area contributed by atoms with Crippen molar-refractivity contribution in [1.82, 2.24) is 19.8 Å². The van der Waals surface area contributed by atoms with Gasteiger partial charge in [-0.15, -0.1) is 0 Å². The Morgan fingerprint density at radius 3 is 2.70 bits per heavy atom. The van der Waals surface area contributed by atoms with Crippen LogP contribution in [0.1, 0.15) is 44.1 Å². The van der Waals surface area contributed by atoms with Gasteiger partial charge in [0.1, 0.15) is 0 Å². The summed E-state index contributed by atoms with van der Waals surface area (Å²) in [7, 11) is -1.78. The molecule has 2 fully saturated rings. The maximum atomic E-state index is 12.7. The number of nitrogens with zero attached hydrogens (tertiary/aromatic N) is 2. The van der Waals surface area contributed by atoms with E-state index in [-0.39, 0.29) is 11.1 Å². The molecule has 1 aromatic rings. The first-order valence-electron chi connectivity index (χ1n) is 7.32. The zero-order chi connectivity index (χ0) is 14.2. The first-order chi connectivity index (χ1) is 9.59. The highest BCUT2D eigenvalue weighted by Gasteiger charge is 2.33. The third-order valence-electron chi connectivity index (χ3n) is 4.31. The number of rotatable bonds is 6. The van der Waals surface area contributed by atoms with Gasteiger partial charge in [-0.2, -0.15) is 9.40 Å². The van der Waals surface area contributed by atoms with E-state index in [1.807, 2.05) is 0 Å². The Labute approximate surface area is 120 Å². The number of sulfonamides is 1. The molecule has 112 valence electrons. The van der Waals surface area contributed by atoms with Crippen molar-refractivity contribution in [1.29, 1.82) is 0 Å². The van der Waals surface area contributed by atoms with Gasteiger partial charge in [0.05, 0.1) is 6.20 Å². The second kappa shape index (κ2) is 5.46. The summed E-state index contributed by atoms with van der Waals surface area (Å²) in [6.07, 6.45) is 8.13. The van der Waals surface area contributed by atoms with Crippen LogP contribution in [0, 0.1) is 0 Å². The molecular formula is C13H22N4O2S. The Bertz CT molecular complexity index is 559. The van der Waals surface area contributed by atoms with Crippen LogP contribution in [0.4, 0.5) is 0 Å². The monoisotopic (exact) mass is 298 g/mol. The third kappa shape index (κ3) is 2.75. The van der Waals surface area contributed by atoms with Gasteiger partial charge in [-0.1, -0.05) is 12.8 Å². The largest absolute Gasteiger partial charge is 0.310 e. The Morgan fingerprint density at radius 2 is 2.05 bits per heavy atom. The normalized spacial score (nSPS) is 20.9. The Morgan fingerprint density at radius 1 is 1.35 bits per heavy atom. The quantitative estimate of drug-likeness (QED) is 0.828. The Kier molecular flexibility index (Phi) is 3.83. The number of hydrogen-bond acceptors (Lipinski definition) is 4. The summed E-state index contributed by atoms with van der Waals surface area (Å²) in [4.78, 5) is 0. The molecule has 20 heavy (non-hydrogen) atoms. The topological polar surface area (TPSA) is 78.1 Å². The van der Waals surface area contributed by atoms with Gasteiger partial charge >= 0.3 is 0 Å². The molecule has 0 aliphatic heterocycles. The van der Waals surface area contributed by atoms with E-state index in [9.17, 15) is 8.42 Å².